The third-order valence-corrected chi connectivity index (χ3v) is 7.27. The van der Waals surface area contributed by atoms with Crippen molar-refractivity contribution in [2.75, 3.05) is 18.0 Å². The van der Waals surface area contributed by atoms with E-state index in [9.17, 15) is 9.90 Å². The zero-order valence-electron chi connectivity index (χ0n) is 14.4. The number of β-amino-alcohol motifs (C(OH)–C–C–N with tert-alkyl or cyclic N) is 1. The van der Waals surface area contributed by atoms with E-state index in [2.05, 4.69) is 37.8 Å². The molecule has 0 aromatic carbocycles. The zero-order valence-corrected chi connectivity index (χ0v) is 18.4. The van der Waals surface area contributed by atoms with Crippen LogP contribution in [0.2, 0.25) is 4.34 Å². The summed E-state index contributed by atoms with van der Waals surface area (Å²) in [6.45, 7) is 4.57. The van der Waals surface area contributed by atoms with Gasteiger partial charge in [-0.25, -0.2) is 15.0 Å². The average Bonchev–Trinajstić information content (AvgIpc) is 3.11. The van der Waals surface area contributed by atoms with Crippen LogP contribution in [-0.4, -0.2) is 50.0 Å². The van der Waals surface area contributed by atoms with Crippen molar-refractivity contribution in [2.24, 2.45) is 0 Å². The predicted molar refractivity (Wildman–Crippen MR) is 110 cm³/mol. The summed E-state index contributed by atoms with van der Waals surface area (Å²) in [7, 11) is 0. The lowest BCUT2D eigenvalue weighted by Gasteiger charge is -2.37. The summed E-state index contributed by atoms with van der Waals surface area (Å²) >= 11 is 12.3. The number of aromatic amines is 1. The van der Waals surface area contributed by atoms with E-state index in [4.69, 9.17) is 16.6 Å². The Labute approximate surface area is 176 Å². The van der Waals surface area contributed by atoms with E-state index in [1.807, 2.05) is 4.90 Å². The number of rotatable bonds is 5. The van der Waals surface area contributed by atoms with Crippen LogP contribution < -0.4 is 4.90 Å². The summed E-state index contributed by atoms with van der Waals surface area (Å²) in [5, 5.41) is 11.1. The van der Waals surface area contributed by atoms with E-state index in [1.54, 1.807) is 0 Å². The predicted octanol–water partition coefficient (Wildman–Crippen LogP) is 3.93. The van der Waals surface area contributed by atoms with Crippen LogP contribution >= 0.6 is 50.6 Å². The number of thiazole rings is 1. The summed E-state index contributed by atoms with van der Waals surface area (Å²) < 4.78 is 1.93. The number of fused-ring (bicyclic) bond motifs is 1. The molecular formula is C16H15BrClN5O2S2. The molecule has 0 amide bonds. The van der Waals surface area contributed by atoms with Crippen molar-refractivity contribution < 1.29 is 9.90 Å². The molecule has 11 heteroatoms. The number of anilines is 1. The first-order valence-electron chi connectivity index (χ1n) is 8.23. The lowest BCUT2D eigenvalue weighted by Crippen LogP contribution is -2.51. The van der Waals surface area contributed by atoms with Gasteiger partial charge < -0.3 is 15.0 Å². The summed E-state index contributed by atoms with van der Waals surface area (Å²) in [4.78, 5) is 30.5. The molecule has 0 atom stereocenters. The van der Waals surface area contributed by atoms with Crippen LogP contribution in [0.3, 0.4) is 0 Å². The van der Waals surface area contributed by atoms with Gasteiger partial charge in [-0.2, -0.15) is 0 Å². The van der Waals surface area contributed by atoms with Crippen molar-refractivity contribution in [3.8, 4) is 0 Å². The van der Waals surface area contributed by atoms with Crippen molar-refractivity contribution in [3.63, 3.8) is 0 Å². The third-order valence-electron chi connectivity index (χ3n) is 4.22. The molecule has 0 radical (unpaired) electrons. The smallest absolute Gasteiger partial charge is 0.198 e. The molecule has 3 aromatic rings. The van der Waals surface area contributed by atoms with Gasteiger partial charge in [0.25, 0.3) is 0 Å². The minimum absolute atomic E-state index is 0.171. The van der Waals surface area contributed by atoms with Gasteiger partial charge in [-0.15, -0.1) is 0 Å². The number of aromatic nitrogens is 4. The molecule has 0 aliphatic carbocycles. The van der Waals surface area contributed by atoms with Crippen LogP contribution in [-0.2, 0) is 6.42 Å². The molecule has 27 heavy (non-hydrogen) atoms. The molecule has 1 fully saturated rings. The second-order valence-corrected chi connectivity index (χ2v) is 9.75. The Morgan fingerprint density at radius 2 is 2.19 bits per heavy atom. The number of Topliss-reactive ketones (excluding diaryl/α,β-unsaturated/α-hetero) is 1. The number of nitrogens with zero attached hydrogens (tertiary/aromatic N) is 4. The lowest BCUT2D eigenvalue weighted by molar-refractivity contribution is 0.101. The van der Waals surface area contributed by atoms with Crippen molar-refractivity contribution in [3.05, 3.63) is 20.2 Å². The summed E-state index contributed by atoms with van der Waals surface area (Å²) in [6.07, 6.45) is 0.483. The number of ketones is 1. The number of aliphatic hydroxyl groups is 1. The second kappa shape index (κ2) is 7.32. The van der Waals surface area contributed by atoms with Crippen molar-refractivity contribution in [1.82, 2.24) is 19.9 Å². The number of carbonyl (C=O) groups is 1. The minimum atomic E-state index is -0.342. The van der Waals surface area contributed by atoms with Gasteiger partial charge in [0.15, 0.2) is 15.3 Å². The fourth-order valence-corrected chi connectivity index (χ4v) is 5.89. The minimum Gasteiger partial charge on any atom is -0.389 e. The maximum atomic E-state index is 11.6. The maximum Gasteiger partial charge on any atom is 0.198 e. The SMILES string of the molecule is CCc1[nH]c2nc(Sc3nc(C(C)=O)c(Cl)s3)nc(N3CC(O)C3)c2c1Br. The molecule has 1 aliphatic rings. The number of aryl methyl sites for hydroxylation is 1. The van der Waals surface area contributed by atoms with Crippen molar-refractivity contribution >= 4 is 73.3 Å². The van der Waals surface area contributed by atoms with Gasteiger partial charge >= 0.3 is 0 Å². The molecule has 0 bridgehead atoms. The molecule has 1 aliphatic heterocycles. The first-order valence-corrected chi connectivity index (χ1v) is 11.0. The Morgan fingerprint density at radius 3 is 2.78 bits per heavy atom. The van der Waals surface area contributed by atoms with Crippen LogP contribution in [0.5, 0.6) is 0 Å². The molecule has 2 N–H and O–H groups in total. The van der Waals surface area contributed by atoms with E-state index < -0.39 is 0 Å². The highest BCUT2D eigenvalue weighted by Crippen LogP contribution is 2.39. The monoisotopic (exact) mass is 487 g/mol. The van der Waals surface area contributed by atoms with E-state index in [1.165, 1.54) is 30.0 Å². The zero-order chi connectivity index (χ0) is 19.3. The van der Waals surface area contributed by atoms with Crippen LogP contribution in [0.1, 0.15) is 30.0 Å². The Kier molecular flexibility index (Phi) is 5.19. The fraction of sp³-hybridized carbons (Fsp3) is 0.375. The summed E-state index contributed by atoms with van der Waals surface area (Å²) in [6, 6.07) is 0. The number of hydrogen-bond acceptors (Lipinski definition) is 8. The first kappa shape index (κ1) is 19.1. The standard InChI is InChI=1S/C16H15BrClN5O2S2/c1-3-8-10(17)9-13(19-8)21-15(22-14(9)23-4-7(25)5-23)27-16-20-11(6(2)24)12(18)26-16/h7,25H,3-5H2,1-2H3,(H,19,21,22). The largest absolute Gasteiger partial charge is 0.389 e. The molecule has 3 aromatic heterocycles. The Bertz CT molecular complexity index is 1050. The molecule has 0 saturated carbocycles. The van der Waals surface area contributed by atoms with Crippen LogP contribution in [0.25, 0.3) is 11.0 Å². The van der Waals surface area contributed by atoms with Crippen LogP contribution in [0.15, 0.2) is 14.0 Å². The molecule has 7 nitrogen and oxygen atoms in total. The van der Waals surface area contributed by atoms with Gasteiger partial charge in [0.1, 0.15) is 21.5 Å². The number of carbonyl (C=O) groups excluding carboxylic acids is 1. The number of nitrogens with one attached hydrogen (secondary N) is 1. The normalized spacial score (nSPS) is 14.8. The molecule has 4 rings (SSSR count). The third kappa shape index (κ3) is 3.49. The summed E-state index contributed by atoms with van der Waals surface area (Å²) in [5.74, 6) is 0.598. The lowest BCUT2D eigenvalue weighted by atomic mass is 10.1. The number of hydrogen-bond donors (Lipinski definition) is 2. The van der Waals surface area contributed by atoms with E-state index in [0.29, 0.717) is 26.9 Å². The molecule has 1 saturated heterocycles. The van der Waals surface area contributed by atoms with Crippen molar-refractivity contribution in [2.45, 2.75) is 35.9 Å². The Balaban J connectivity index is 1.77. The van der Waals surface area contributed by atoms with Gasteiger partial charge in [0, 0.05) is 25.7 Å². The quantitative estimate of drug-likeness (QED) is 0.415. The average molecular weight is 489 g/mol. The topological polar surface area (TPSA) is 95.0 Å². The molecule has 142 valence electrons. The molecule has 0 unspecified atom stereocenters. The van der Waals surface area contributed by atoms with Gasteiger partial charge in [-0.1, -0.05) is 29.9 Å². The molecule has 0 spiro atoms. The van der Waals surface area contributed by atoms with Gasteiger partial charge in [0.05, 0.1) is 16.0 Å². The van der Waals surface area contributed by atoms with Gasteiger partial charge in [-0.3, -0.25) is 4.79 Å². The number of halogens is 2. The van der Waals surface area contributed by atoms with Gasteiger partial charge in [0.2, 0.25) is 0 Å². The van der Waals surface area contributed by atoms with Crippen LogP contribution in [0, 0.1) is 0 Å². The van der Waals surface area contributed by atoms with E-state index in [0.717, 1.165) is 33.4 Å². The maximum absolute atomic E-state index is 11.6. The number of H-pyrrole nitrogens is 1. The van der Waals surface area contributed by atoms with Gasteiger partial charge in [-0.05, 0) is 34.1 Å². The highest BCUT2D eigenvalue weighted by atomic mass is 79.9. The molecule has 4 heterocycles. The number of aliphatic hydroxyl groups excluding tert-OH is 1. The van der Waals surface area contributed by atoms with E-state index >= 15 is 0 Å². The highest BCUT2D eigenvalue weighted by molar-refractivity contribution is 9.10. The van der Waals surface area contributed by atoms with E-state index in [-0.39, 0.29) is 17.6 Å². The second-order valence-electron chi connectivity index (χ2n) is 6.14. The first-order chi connectivity index (χ1) is 12.9. The van der Waals surface area contributed by atoms with Crippen molar-refractivity contribution in [1.29, 1.82) is 0 Å². The molecular weight excluding hydrogens is 474 g/mol. The Hall–Kier alpha value is -1.20. The summed E-state index contributed by atoms with van der Waals surface area (Å²) in [5.41, 5.74) is 2.04. The Morgan fingerprint density at radius 1 is 1.44 bits per heavy atom. The fourth-order valence-electron chi connectivity index (χ4n) is 2.84. The van der Waals surface area contributed by atoms with Crippen LogP contribution in [0.4, 0.5) is 5.82 Å². The highest BCUT2D eigenvalue weighted by Gasteiger charge is 2.30.